The van der Waals surface area contributed by atoms with Gasteiger partial charge in [-0.15, -0.1) is 0 Å². The van der Waals surface area contributed by atoms with Gasteiger partial charge in [-0.25, -0.2) is 0 Å². The monoisotopic (exact) mass is 294 g/mol. The number of carbonyl (C=O) groups excluding carboxylic acids is 2. The van der Waals surface area contributed by atoms with Crippen molar-refractivity contribution in [3.05, 3.63) is 0 Å². The second-order valence-electron chi connectivity index (χ2n) is 7.14. The molecule has 0 bridgehead atoms. The van der Waals surface area contributed by atoms with Gasteiger partial charge in [-0.1, -0.05) is 40.0 Å². The lowest BCUT2D eigenvalue weighted by Crippen LogP contribution is -2.64. The van der Waals surface area contributed by atoms with Crippen molar-refractivity contribution in [2.45, 2.75) is 77.8 Å². The fraction of sp³-hybridized carbons (Fsp3) is 0.882. The molecule has 4 heteroatoms. The van der Waals surface area contributed by atoms with Gasteiger partial charge in [0.15, 0.2) is 0 Å². The van der Waals surface area contributed by atoms with Crippen LogP contribution >= 0.6 is 0 Å². The zero-order valence-electron chi connectivity index (χ0n) is 13.7. The third-order valence-corrected chi connectivity index (χ3v) is 4.78. The van der Waals surface area contributed by atoms with Crippen molar-refractivity contribution < 1.29 is 9.59 Å². The first kappa shape index (κ1) is 16.3. The van der Waals surface area contributed by atoms with Crippen LogP contribution in [0.2, 0.25) is 0 Å². The molecule has 1 saturated heterocycles. The van der Waals surface area contributed by atoms with Crippen LogP contribution in [0, 0.1) is 11.8 Å². The Morgan fingerprint density at radius 1 is 1.24 bits per heavy atom. The average Bonchev–Trinajstić information content (AvgIpc) is 2.92. The van der Waals surface area contributed by atoms with Crippen LogP contribution in [0.25, 0.3) is 0 Å². The molecule has 2 unspecified atom stereocenters. The second-order valence-corrected chi connectivity index (χ2v) is 7.14. The summed E-state index contributed by atoms with van der Waals surface area (Å²) in [6, 6.07) is -0.557. The molecule has 2 aliphatic rings. The maximum atomic E-state index is 12.8. The van der Waals surface area contributed by atoms with Gasteiger partial charge in [0, 0.05) is 6.54 Å². The summed E-state index contributed by atoms with van der Waals surface area (Å²) < 4.78 is 0. The van der Waals surface area contributed by atoms with Gasteiger partial charge >= 0.3 is 0 Å². The van der Waals surface area contributed by atoms with Gasteiger partial charge in [0.2, 0.25) is 11.8 Å². The summed E-state index contributed by atoms with van der Waals surface area (Å²) in [5.41, 5.74) is 0. The van der Waals surface area contributed by atoms with Gasteiger partial charge in [-0.3, -0.25) is 9.59 Å². The van der Waals surface area contributed by atoms with Crippen LogP contribution in [0.4, 0.5) is 0 Å². The third kappa shape index (κ3) is 3.98. The largest absolute Gasteiger partial charge is 0.342 e. The molecule has 2 fully saturated rings. The quantitative estimate of drug-likeness (QED) is 0.819. The molecule has 1 heterocycles. The van der Waals surface area contributed by atoms with E-state index in [0.29, 0.717) is 11.8 Å². The van der Waals surface area contributed by atoms with Crippen molar-refractivity contribution in [2.24, 2.45) is 11.8 Å². The number of hydrogen-bond acceptors (Lipinski definition) is 2. The smallest absolute Gasteiger partial charge is 0.245 e. The van der Waals surface area contributed by atoms with E-state index in [1.165, 1.54) is 25.7 Å². The Labute approximate surface area is 128 Å². The number of hydrogen-bond donors (Lipinski definition) is 1. The Kier molecular flexibility index (Phi) is 5.65. The van der Waals surface area contributed by atoms with Gasteiger partial charge in [-0.05, 0) is 37.5 Å². The van der Waals surface area contributed by atoms with E-state index in [1.807, 2.05) is 4.90 Å². The van der Waals surface area contributed by atoms with Crippen molar-refractivity contribution in [1.29, 1.82) is 0 Å². The van der Waals surface area contributed by atoms with E-state index in [-0.39, 0.29) is 23.9 Å². The predicted molar refractivity (Wildman–Crippen MR) is 83.8 cm³/mol. The number of amides is 2. The van der Waals surface area contributed by atoms with E-state index in [0.717, 1.165) is 25.8 Å². The minimum absolute atomic E-state index is 0.0556. The fourth-order valence-electron chi connectivity index (χ4n) is 3.70. The summed E-state index contributed by atoms with van der Waals surface area (Å²) in [4.78, 5) is 27.1. The van der Waals surface area contributed by atoms with Crippen LogP contribution < -0.4 is 5.32 Å². The summed E-state index contributed by atoms with van der Waals surface area (Å²) in [5.74, 6) is 1.21. The predicted octanol–water partition coefficient (Wildman–Crippen LogP) is 2.72. The van der Waals surface area contributed by atoms with Gasteiger partial charge in [-0.2, -0.15) is 0 Å². The maximum absolute atomic E-state index is 12.8. The van der Waals surface area contributed by atoms with E-state index in [2.05, 4.69) is 26.1 Å². The lowest BCUT2D eigenvalue weighted by molar-refractivity contribution is -0.150. The highest BCUT2D eigenvalue weighted by Crippen LogP contribution is 2.28. The SMILES string of the molecule is CCCC1C(=O)NC(CC(C)C)C(=O)N1CC1CCCC1. The number of nitrogens with zero attached hydrogens (tertiary/aromatic N) is 1. The molecule has 1 aliphatic heterocycles. The first-order valence-electron chi connectivity index (χ1n) is 8.63. The molecule has 0 radical (unpaired) electrons. The normalized spacial score (nSPS) is 27.5. The number of piperazine rings is 1. The topological polar surface area (TPSA) is 49.4 Å². The van der Waals surface area contributed by atoms with Gasteiger partial charge in [0.25, 0.3) is 0 Å². The lowest BCUT2D eigenvalue weighted by atomic mass is 9.95. The highest BCUT2D eigenvalue weighted by molar-refractivity contribution is 5.96. The summed E-state index contributed by atoms with van der Waals surface area (Å²) in [7, 11) is 0. The number of nitrogens with one attached hydrogen (secondary N) is 1. The van der Waals surface area contributed by atoms with Crippen LogP contribution in [0.3, 0.4) is 0 Å². The van der Waals surface area contributed by atoms with E-state index in [4.69, 9.17) is 0 Å². The minimum Gasteiger partial charge on any atom is -0.342 e. The van der Waals surface area contributed by atoms with E-state index in [1.54, 1.807) is 0 Å². The fourth-order valence-corrected chi connectivity index (χ4v) is 3.70. The van der Waals surface area contributed by atoms with Gasteiger partial charge in [0.1, 0.15) is 12.1 Å². The van der Waals surface area contributed by atoms with E-state index in [9.17, 15) is 9.59 Å². The molecule has 1 aliphatic carbocycles. The van der Waals surface area contributed by atoms with Crippen LogP contribution in [-0.2, 0) is 9.59 Å². The van der Waals surface area contributed by atoms with Crippen molar-refractivity contribution >= 4 is 11.8 Å². The molecule has 4 nitrogen and oxygen atoms in total. The van der Waals surface area contributed by atoms with Crippen LogP contribution in [0.15, 0.2) is 0 Å². The first-order chi connectivity index (χ1) is 10.0. The van der Waals surface area contributed by atoms with E-state index >= 15 is 0 Å². The molecule has 1 saturated carbocycles. The second kappa shape index (κ2) is 7.28. The number of rotatable bonds is 6. The number of carbonyl (C=O) groups is 2. The van der Waals surface area contributed by atoms with Gasteiger partial charge < -0.3 is 10.2 Å². The molecule has 0 aromatic carbocycles. The Morgan fingerprint density at radius 3 is 2.48 bits per heavy atom. The molecular weight excluding hydrogens is 264 g/mol. The molecule has 1 N–H and O–H groups in total. The Balaban J connectivity index is 2.10. The molecule has 2 atom stereocenters. The molecule has 0 spiro atoms. The van der Waals surface area contributed by atoms with Crippen molar-refractivity contribution in [2.75, 3.05) is 6.54 Å². The first-order valence-corrected chi connectivity index (χ1v) is 8.63. The van der Waals surface area contributed by atoms with Crippen molar-refractivity contribution in [3.8, 4) is 0 Å². The highest BCUT2D eigenvalue weighted by Gasteiger charge is 2.40. The van der Waals surface area contributed by atoms with E-state index < -0.39 is 0 Å². The standard InChI is InChI=1S/C17H30N2O2/c1-4-7-15-16(20)18-14(10-12(2)3)17(21)19(15)11-13-8-5-6-9-13/h12-15H,4-11H2,1-3H3,(H,18,20). The summed E-state index contributed by atoms with van der Waals surface area (Å²) >= 11 is 0. The molecular formula is C17H30N2O2. The van der Waals surface area contributed by atoms with Crippen molar-refractivity contribution in [3.63, 3.8) is 0 Å². The maximum Gasteiger partial charge on any atom is 0.245 e. The molecule has 120 valence electrons. The summed E-state index contributed by atoms with van der Waals surface area (Å²) in [6.45, 7) is 7.05. The van der Waals surface area contributed by atoms with Crippen molar-refractivity contribution in [1.82, 2.24) is 10.2 Å². The molecule has 2 amide bonds. The minimum atomic E-state index is -0.313. The zero-order chi connectivity index (χ0) is 15.4. The van der Waals surface area contributed by atoms with Crippen LogP contribution in [-0.4, -0.2) is 35.3 Å². The third-order valence-electron chi connectivity index (χ3n) is 4.78. The molecule has 0 aromatic heterocycles. The lowest BCUT2D eigenvalue weighted by Gasteiger charge is -2.40. The molecule has 0 aromatic rings. The highest BCUT2D eigenvalue weighted by atomic mass is 16.2. The van der Waals surface area contributed by atoms with Crippen LogP contribution in [0.1, 0.15) is 65.7 Å². The Morgan fingerprint density at radius 2 is 1.90 bits per heavy atom. The summed E-state index contributed by atoms with van der Waals surface area (Å²) in [5, 5.41) is 2.96. The zero-order valence-corrected chi connectivity index (χ0v) is 13.7. The Hall–Kier alpha value is -1.06. The molecule has 21 heavy (non-hydrogen) atoms. The average molecular weight is 294 g/mol. The molecule has 2 rings (SSSR count). The summed E-state index contributed by atoms with van der Waals surface area (Å²) in [6.07, 6.45) is 7.41. The van der Waals surface area contributed by atoms with Crippen LogP contribution in [0.5, 0.6) is 0 Å². The van der Waals surface area contributed by atoms with Gasteiger partial charge in [0.05, 0.1) is 0 Å². The Bertz CT molecular complexity index is 375.